The molecule has 0 amide bonds. The molecule has 0 spiro atoms. The summed E-state index contributed by atoms with van der Waals surface area (Å²) in [6.07, 6.45) is 3.96. The van der Waals surface area contributed by atoms with E-state index in [0.29, 0.717) is 0 Å². The van der Waals surface area contributed by atoms with Crippen molar-refractivity contribution in [2.75, 3.05) is 0 Å². The van der Waals surface area contributed by atoms with Crippen LogP contribution < -0.4 is 0 Å². The largest absolute Gasteiger partial charge is 0.309 e. The Bertz CT molecular complexity index is 2680. The number of para-hydroxylation sites is 3. The molecule has 0 radical (unpaired) electrons. The molecule has 0 atom stereocenters. The van der Waals surface area contributed by atoms with Gasteiger partial charge in [0.1, 0.15) is 5.01 Å². The molecule has 0 saturated carbocycles. The van der Waals surface area contributed by atoms with Gasteiger partial charge in [-0.25, -0.2) is 4.98 Å². The Morgan fingerprint density at radius 3 is 1.54 bits per heavy atom. The van der Waals surface area contributed by atoms with Gasteiger partial charge < -0.3 is 4.57 Å². The molecule has 4 aromatic heterocycles. The highest BCUT2D eigenvalue weighted by molar-refractivity contribution is 7.21. The zero-order chi connectivity index (χ0) is 31.6. The van der Waals surface area contributed by atoms with Crippen LogP contribution in [0, 0.1) is 0 Å². The van der Waals surface area contributed by atoms with Crippen molar-refractivity contribution in [2.45, 2.75) is 0 Å². The van der Waals surface area contributed by atoms with Crippen molar-refractivity contribution < 1.29 is 0 Å². The van der Waals surface area contributed by atoms with Gasteiger partial charge in [0.15, 0.2) is 0 Å². The van der Waals surface area contributed by atoms with Gasteiger partial charge in [0.05, 0.1) is 32.3 Å². The number of rotatable bonds is 4. The Balaban J connectivity index is 1.15. The summed E-state index contributed by atoms with van der Waals surface area (Å²) >= 11 is 1.73. The van der Waals surface area contributed by atoms with Gasteiger partial charge in [-0.05, 0) is 96.1 Å². The highest BCUT2D eigenvalue weighted by Gasteiger charge is 2.16. The predicted molar refractivity (Wildman–Crippen MR) is 201 cm³/mol. The molecular weight excluding hydrogens is 605 g/mol. The van der Waals surface area contributed by atoms with Crippen LogP contribution in [0.4, 0.5) is 0 Å². The highest BCUT2D eigenvalue weighted by Crippen LogP contribution is 2.38. The van der Waals surface area contributed by atoms with E-state index in [1.165, 1.54) is 15.5 Å². The molecular formula is C43H26N4S. The summed E-state index contributed by atoms with van der Waals surface area (Å²) in [5, 5.41) is 5.70. The fourth-order valence-electron chi connectivity index (χ4n) is 6.87. The molecule has 0 saturated heterocycles. The van der Waals surface area contributed by atoms with Gasteiger partial charge >= 0.3 is 0 Å². The minimum Gasteiger partial charge on any atom is -0.309 e. The molecule has 4 nitrogen and oxygen atoms in total. The lowest BCUT2D eigenvalue weighted by Crippen LogP contribution is -1.94. The zero-order valence-electron chi connectivity index (χ0n) is 25.7. The first kappa shape index (κ1) is 27.0. The van der Waals surface area contributed by atoms with E-state index in [-0.39, 0.29) is 0 Å². The fraction of sp³-hybridized carbons (Fsp3) is 0. The summed E-state index contributed by atoms with van der Waals surface area (Å²) in [6, 6.07) is 51.7. The van der Waals surface area contributed by atoms with Crippen molar-refractivity contribution in [2.24, 2.45) is 0 Å². The first-order chi connectivity index (χ1) is 23.7. The molecule has 0 unspecified atom stereocenters. The second kappa shape index (κ2) is 10.7. The molecule has 10 aromatic rings. The molecule has 0 fully saturated rings. The van der Waals surface area contributed by atoms with Gasteiger partial charge in [0.25, 0.3) is 0 Å². The van der Waals surface area contributed by atoms with Crippen molar-refractivity contribution in [3.63, 3.8) is 0 Å². The Hall–Kier alpha value is -6.17. The molecule has 48 heavy (non-hydrogen) atoms. The number of thiazole rings is 1. The highest BCUT2D eigenvalue weighted by atomic mass is 32.1. The quantitative estimate of drug-likeness (QED) is 0.194. The first-order valence-electron chi connectivity index (χ1n) is 16.0. The monoisotopic (exact) mass is 630 g/mol. The Morgan fingerprint density at radius 1 is 0.438 bits per heavy atom. The fourth-order valence-corrected chi connectivity index (χ4v) is 7.84. The van der Waals surface area contributed by atoms with Crippen LogP contribution in [0.15, 0.2) is 158 Å². The summed E-state index contributed by atoms with van der Waals surface area (Å²) in [7, 11) is 0. The minimum absolute atomic E-state index is 1.00. The van der Waals surface area contributed by atoms with Gasteiger partial charge in [0.2, 0.25) is 0 Å². The minimum atomic E-state index is 1.00. The molecule has 0 aliphatic rings. The van der Waals surface area contributed by atoms with Crippen LogP contribution in [0.1, 0.15) is 0 Å². The Morgan fingerprint density at radius 2 is 0.958 bits per heavy atom. The van der Waals surface area contributed by atoms with Gasteiger partial charge in [-0.15, -0.1) is 11.3 Å². The molecule has 0 N–H and O–H groups in total. The summed E-state index contributed by atoms with van der Waals surface area (Å²) in [4.78, 5) is 14.4. The first-order valence-corrected chi connectivity index (χ1v) is 16.8. The average molecular weight is 631 g/mol. The molecule has 0 aliphatic carbocycles. The number of fused-ring (bicyclic) bond motifs is 6. The van der Waals surface area contributed by atoms with Crippen molar-refractivity contribution >= 4 is 65.2 Å². The third-order valence-corrected chi connectivity index (χ3v) is 10.4. The van der Waals surface area contributed by atoms with E-state index in [1.54, 1.807) is 11.3 Å². The topological polar surface area (TPSA) is 43.6 Å². The van der Waals surface area contributed by atoms with Crippen molar-refractivity contribution in [3.8, 4) is 38.5 Å². The van der Waals surface area contributed by atoms with Crippen LogP contribution in [0.2, 0.25) is 0 Å². The zero-order valence-corrected chi connectivity index (χ0v) is 26.5. The maximum atomic E-state index is 4.89. The third kappa shape index (κ3) is 4.40. The molecule has 6 aromatic carbocycles. The second-order valence-electron chi connectivity index (χ2n) is 12.2. The van der Waals surface area contributed by atoms with Crippen LogP contribution in [0.5, 0.6) is 0 Å². The number of pyridine rings is 2. The van der Waals surface area contributed by atoms with E-state index in [2.05, 4.69) is 132 Å². The maximum absolute atomic E-state index is 4.89. The van der Waals surface area contributed by atoms with E-state index in [1.807, 2.05) is 30.6 Å². The summed E-state index contributed by atoms with van der Waals surface area (Å²) in [5.41, 5.74) is 12.1. The Labute approximate surface area is 280 Å². The lowest BCUT2D eigenvalue weighted by Gasteiger charge is -2.10. The van der Waals surface area contributed by atoms with E-state index in [4.69, 9.17) is 15.0 Å². The standard InChI is InChI=1S/C43H26N4S/c1-3-9-37-30(7-1)21-32(25-44-37)28-15-19-40-35(23-28)36-24-29(33-22-31-8-2-4-10-38(31)45-26-33)16-20-41(36)47(40)34-17-13-27(14-18-34)43-46-39-11-5-6-12-42(39)48-43/h1-26H. The van der Waals surface area contributed by atoms with Gasteiger partial charge in [-0.3, -0.25) is 9.97 Å². The van der Waals surface area contributed by atoms with Crippen molar-refractivity contribution in [3.05, 3.63) is 158 Å². The molecule has 4 heterocycles. The van der Waals surface area contributed by atoms with Crippen LogP contribution in [-0.4, -0.2) is 19.5 Å². The smallest absolute Gasteiger partial charge is 0.124 e. The third-order valence-electron chi connectivity index (χ3n) is 9.28. The summed E-state index contributed by atoms with van der Waals surface area (Å²) < 4.78 is 3.58. The Kier molecular flexibility index (Phi) is 6.01. The van der Waals surface area contributed by atoms with Crippen LogP contribution in [0.25, 0.3) is 92.3 Å². The SMILES string of the molecule is c1ccc2ncc(-c3ccc4c(c3)c3cc(-c5cnc6ccccc6c5)ccc3n4-c3ccc(-c4nc5ccccc5s4)cc3)cc2c1. The maximum Gasteiger partial charge on any atom is 0.124 e. The van der Waals surface area contributed by atoms with Crippen molar-refractivity contribution in [1.29, 1.82) is 0 Å². The summed E-state index contributed by atoms with van der Waals surface area (Å²) in [5.74, 6) is 0. The molecule has 10 rings (SSSR count). The molecule has 0 aliphatic heterocycles. The molecule has 5 heteroatoms. The van der Waals surface area contributed by atoms with Crippen LogP contribution in [-0.2, 0) is 0 Å². The lowest BCUT2D eigenvalue weighted by molar-refractivity contribution is 1.18. The van der Waals surface area contributed by atoms with Gasteiger partial charge in [-0.1, -0.05) is 60.7 Å². The number of benzene rings is 6. The summed E-state index contributed by atoms with van der Waals surface area (Å²) in [6.45, 7) is 0. The van der Waals surface area contributed by atoms with E-state index in [9.17, 15) is 0 Å². The lowest BCUT2D eigenvalue weighted by atomic mass is 10.0. The van der Waals surface area contributed by atoms with Crippen molar-refractivity contribution in [1.82, 2.24) is 19.5 Å². The van der Waals surface area contributed by atoms with Crippen LogP contribution >= 0.6 is 11.3 Å². The van der Waals surface area contributed by atoms with E-state index < -0.39 is 0 Å². The van der Waals surface area contributed by atoms with Gasteiger partial charge in [0, 0.05) is 56.3 Å². The molecule has 0 bridgehead atoms. The predicted octanol–water partition coefficient (Wildman–Crippen LogP) is 11.5. The van der Waals surface area contributed by atoms with E-state index >= 15 is 0 Å². The molecule has 224 valence electrons. The van der Waals surface area contributed by atoms with E-state index in [0.717, 1.165) is 76.9 Å². The number of hydrogen-bond donors (Lipinski definition) is 0. The van der Waals surface area contributed by atoms with Crippen LogP contribution in [0.3, 0.4) is 0 Å². The number of hydrogen-bond acceptors (Lipinski definition) is 4. The number of aromatic nitrogens is 4. The average Bonchev–Trinajstić information content (AvgIpc) is 3.73. The second-order valence-corrected chi connectivity index (χ2v) is 13.2. The van der Waals surface area contributed by atoms with Gasteiger partial charge in [-0.2, -0.15) is 0 Å². The number of nitrogens with zero attached hydrogens (tertiary/aromatic N) is 4. The normalized spacial score (nSPS) is 11.8.